The summed E-state index contributed by atoms with van der Waals surface area (Å²) in [6, 6.07) is 9.86. The average molecular weight is 1430 g/mol. The lowest BCUT2D eigenvalue weighted by atomic mass is 9.99. The first-order valence-corrected chi connectivity index (χ1v) is 33.1. The Hall–Kier alpha value is -11.1. The largest absolute Gasteiger partial charge is 0.481 e. The molecule has 0 aromatic heterocycles. The van der Waals surface area contributed by atoms with Gasteiger partial charge in [0.25, 0.3) is 5.97 Å². The molecule has 1 heterocycles. The zero-order valence-corrected chi connectivity index (χ0v) is 57.6. The number of rotatable bonds is 42. The van der Waals surface area contributed by atoms with Gasteiger partial charge in [0, 0.05) is 58.5 Å². The summed E-state index contributed by atoms with van der Waals surface area (Å²) in [5.74, 6) is -13.7. The number of aliphatic imine (C=N–C) groups is 1. The zero-order valence-electron chi connectivity index (χ0n) is 57.6. The lowest BCUT2D eigenvalue weighted by Gasteiger charge is -2.31. The minimum absolute atomic E-state index is 0.00165. The Balaban J connectivity index is 0.00000657. The van der Waals surface area contributed by atoms with Gasteiger partial charge in [-0.2, -0.15) is 0 Å². The number of amides is 14. The average Bonchev–Trinajstić information content (AvgIpc) is 1.65. The third kappa shape index (κ3) is 31.8. The van der Waals surface area contributed by atoms with Crippen LogP contribution in [0.1, 0.15) is 115 Å². The van der Waals surface area contributed by atoms with Gasteiger partial charge in [-0.25, -0.2) is 0 Å². The number of carbonyl (C=O) groups excluding carboxylic acids is 14. The highest BCUT2D eigenvalue weighted by atomic mass is 16.4. The summed E-state index contributed by atoms with van der Waals surface area (Å²) in [5.41, 5.74) is 40.4. The number of carboxylic acids is 1. The van der Waals surface area contributed by atoms with Gasteiger partial charge in [0.15, 0.2) is 5.96 Å². The van der Waals surface area contributed by atoms with E-state index in [2.05, 4.69) is 52.8 Å². The molecule has 3 aromatic carbocycles. The summed E-state index contributed by atoms with van der Waals surface area (Å²) in [6.07, 6.45) is -2.41. The normalized spacial score (nSPS) is 15.2. The number of hydrogen-bond donors (Lipinski definition) is 18. The summed E-state index contributed by atoms with van der Waals surface area (Å²) in [5, 5.41) is 40.0. The number of guanidine groups is 1. The van der Waals surface area contributed by atoms with Crippen molar-refractivity contribution in [2.45, 2.75) is 184 Å². The van der Waals surface area contributed by atoms with Gasteiger partial charge in [-0.1, -0.05) is 105 Å². The van der Waals surface area contributed by atoms with E-state index >= 15 is 0 Å². The topological polar surface area (TPSA) is 603 Å². The smallest absolute Gasteiger partial charge is 0.300 e. The van der Waals surface area contributed by atoms with Crippen molar-refractivity contribution in [3.05, 3.63) is 108 Å². The van der Waals surface area contributed by atoms with Crippen molar-refractivity contribution in [2.75, 3.05) is 19.7 Å². The van der Waals surface area contributed by atoms with Gasteiger partial charge in [0.1, 0.15) is 66.5 Å². The van der Waals surface area contributed by atoms with E-state index in [1.165, 1.54) is 6.92 Å². The molecule has 1 aliphatic rings. The number of likely N-dealkylation sites (tertiary alicyclic amines) is 1. The van der Waals surface area contributed by atoms with E-state index in [4.69, 9.17) is 50.0 Å². The minimum atomic E-state index is -1.58. The quantitative estimate of drug-likeness (QED) is 0.0143. The van der Waals surface area contributed by atoms with Crippen LogP contribution in [0.5, 0.6) is 0 Å². The third-order valence-electron chi connectivity index (χ3n) is 15.7. The third-order valence-corrected chi connectivity index (χ3v) is 15.7. The molecule has 1 fully saturated rings. The molecule has 0 bridgehead atoms. The van der Waals surface area contributed by atoms with Gasteiger partial charge >= 0.3 is 0 Å². The van der Waals surface area contributed by atoms with Crippen LogP contribution in [0.2, 0.25) is 0 Å². The maximum absolute atomic E-state index is 14.9. The van der Waals surface area contributed by atoms with Crippen LogP contribution in [-0.4, -0.2) is 196 Å². The number of nitrogens with one attached hydrogen (secondary N) is 9. The van der Waals surface area contributed by atoms with E-state index in [0.29, 0.717) is 16.7 Å². The molecule has 4 rings (SSSR count). The van der Waals surface area contributed by atoms with Crippen molar-refractivity contribution >= 4 is 94.6 Å². The van der Waals surface area contributed by atoms with Crippen molar-refractivity contribution in [1.82, 2.24) is 52.8 Å². The van der Waals surface area contributed by atoms with E-state index in [1.807, 2.05) is 0 Å². The van der Waals surface area contributed by atoms with Gasteiger partial charge in [-0.15, -0.1) is 0 Å². The Morgan fingerprint density at radius 1 is 0.480 bits per heavy atom. The fourth-order valence-corrected chi connectivity index (χ4v) is 10.5. The summed E-state index contributed by atoms with van der Waals surface area (Å²) in [4.78, 5) is 204. The second-order valence-corrected chi connectivity index (χ2v) is 24.8. The first-order valence-electron chi connectivity index (χ1n) is 33.1. The molecule has 11 unspecified atom stereocenters. The number of carboxylic acid groups (broad SMARTS) is 1. The van der Waals surface area contributed by atoms with Crippen LogP contribution in [0.25, 0.3) is 0 Å². The minimum Gasteiger partial charge on any atom is -0.481 e. The van der Waals surface area contributed by atoms with Crippen molar-refractivity contribution in [2.24, 2.45) is 51.0 Å². The Morgan fingerprint density at radius 3 is 1.28 bits per heavy atom. The van der Waals surface area contributed by atoms with Gasteiger partial charge in [-0.05, 0) is 80.9 Å². The Bertz CT molecular complexity index is 3380. The van der Waals surface area contributed by atoms with Crippen LogP contribution >= 0.6 is 0 Å². The molecule has 1 saturated heterocycles. The maximum Gasteiger partial charge on any atom is 0.300 e. The fraction of sp³-hybridized carbons (Fsp3) is 0.493. The highest BCUT2D eigenvalue weighted by molar-refractivity contribution is 6.00. The lowest BCUT2D eigenvalue weighted by Crippen LogP contribution is -2.61. The fourth-order valence-electron chi connectivity index (χ4n) is 10.5. The maximum atomic E-state index is 14.9. The van der Waals surface area contributed by atoms with Crippen molar-refractivity contribution in [3.63, 3.8) is 0 Å². The molecule has 25 N–H and O–H groups in total. The molecule has 0 spiro atoms. The lowest BCUT2D eigenvalue weighted by molar-refractivity contribution is -0.143. The molecule has 11 atom stereocenters. The molecule has 14 amide bonds. The van der Waals surface area contributed by atoms with Gasteiger partial charge in [0.05, 0.1) is 6.61 Å². The first-order chi connectivity index (χ1) is 48.2. The van der Waals surface area contributed by atoms with Crippen LogP contribution in [0.3, 0.4) is 0 Å². The van der Waals surface area contributed by atoms with Crippen LogP contribution in [0, 0.1) is 5.92 Å². The van der Waals surface area contributed by atoms with Crippen molar-refractivity contribution < 1.29 is 82.1 Å². The molecule has 0 aliphatic carbocycles. The van der Waals surface area contributed by atoms with E-state index in [1.54, 1.807) is 105 Å². The Labute approximate surface area is 589 Å². The second kappa shape index (κ2) is 44.1. The number of hydrogen-bond acceptors (Lipinski definition) is 18. The van der Waals surface area contributed by atoms with Crippen LogP contribution < -0.4 is 88.0 Å². The summed E-state index contributed by atoms with van der Waals surface area (Å²) in [7, 11) is 0. The van der Waals surface area contributed by atoms with E-state index < -0.39 is 181 Å². The number of nitrogens with zero attached hydrogens (tertiary/aromatic N) is 2. The highest BCUT2D eigenvalue weighted by Gasteiger charge is 2.41. The summed E-state index contributed by atoms with van der Waals surface area (Å²) in [6.45, 7) is 5.08. The molecule has 35 heteroatoms. The number of aliphatic carboxylic acids is 1. The standard InChI is InChI=1S/C65H94N18O15.C2H4O2/c1-36(2)31-47(81-62(96)48(33-39-17-9-5-10-18-39)80-55(89)37(3)74-57(91)43(23-26-51(67)85)75-56(90)41(66)35-84)60(94)82-49(34-40-19-11-6-12-20-40)61(95)78-45(25-28-53(69)87)64(98)83-30-14-22-50(83)63(97)77-44(24-27-52(68)86)59(93)76-42(21-13-29-73-65(71)72)58(92)79-46(54(70)88)32-38-15-7-4-8-16-38;1-2(3)4/h4-12,15-20,36-37,41-50,84H,13-14,21-35,66H2,1-3H3,(H2,67,85)(H2,68,86)(H2,69,87)(H2,70,88)(H,74,91)(H,75,90)(H,76,93)(H,77,97)(H,78,95)(H,79,92)(H,80,89)(H,81,96)(H,82,94)(H4,71,72,73);1H3,(H,3,4). The van der Waals surface area contributed by atoms with E-state index in [0.717, 1.165) is 11.8 Å². The molecule has 1 aliphatic heterocycles. The molecular formula is C67H98N18O17. The monoisotopic (exact) mass is 1430 g/mol. The van der Waals surface area contributed by atoms with Crippen LogP contribution in [0.15, 0.2) is 96.0 Å². The number of nitrogens with two attached hydrogens (primary N) is 7. The Morgan fingerprint density at radius 2 is 0.843 bits per heavy atom. The predicted molar refractivity (Wildman–Crippen MR) is 370 cm³/mol. The van der Waals surface area contributed by atoms with Gasteiger partial charge in [0.2, 0.25) is 82.7 Å². The predicted octanol–water partition coefficient (Wildman–Crippen LogP) is -5.12. The van der Waals surface area contributed by atoms with Crippen molar-refractivity contribution in [3.8, 4) is 0 Å². The highest BCUT2D eigenvalue weighted by Crippen LogP contribution is 2.21. The summed E-state index contributed by atoms with van der Waals surface area (Å²) < 4.78 is 0. The van der Waals surface area contributed by atoms with Crippen molar-refractivity contribution in [1.29, 1.82) is 0 Å². The number of aliphatic hydroxyl groups is 1. The molecule has 0 radical (unpaired) electrons. The molecule has 102 heavy (non-hydrogen) atoms. The molecule has 0 saturated carbocycles. The van der Waals surface area contributed by atoms with Crippen LogP contribution in [-0.2, 0) is 91.2 Å². The Kier molecular flexibility index (Phi) is 36.8. The second-order valence-electron chi connectivity index (χ2n) is 24.8. The molecule has 558 valence electrons. The van der Waals surface area contributed by atoms with Gasteiger partial charge < -0.3 is 103 Å². The van der Waals surface area contributed by atoms with Crippen LogP contribution in [0.4, 0.5) is 0 Å². The summed E-state index contributed by atoms with van der Waals surface area (Å²) >= 11 is 0. The number of carbonyl (C=O) groups is 15. The molecule has 3 aromatic rings. The molecular weight excluding hydrogens is 1330 g/mol. The van der Waals surface area contributed by atoms with E-state index in [9.17, 15) is 72.2 Å². The molecule has 35 nitrogen and oxygen atoms in total. The number of aliphatic hydroxyl groups excluding tert-OH is 1. The first kappa shape index (κ1) is 85.1. The SMILES string of the molecule is CC(=O)O.CC(C)CC(NC(=O)C(Cc1ccccc1)NC(=O)C(C)NC(=O)C(CCC(N)=O)NC(=O)C(N)CO)C(=O)NC(Cc1ccccc1)C(=O)NC(CCC(N)=O)C(=O)N1CCCC1C(=O)NC(CCC(N)=O)C(=O)NC(CCCN=C(N)N)C(=O)NC(Cc1ccccc1)C(N)=O. The van der Waals surface area contributed by atoms with E-state index in [-0.39, 0.29) is 95.6 Å². The zero-order chi connectivity index (χ0) is 76.2. The number of benzene rings is 3. The van der Waals surface area contributed by atoms with Gasteiger partial charge in [-0.3, -0.25) is 76.9 Å². The number of primary amides is 4.